The van der Waals surface area contributed by atoms with Crippen LogP contribution in [0.1, 0.15) is 0 Å². The molecule has 0 saturated heterocycles. The zero-order valence-electron chi connectivity index (χ0n) is 6.27. The van der Waals surface area contributed by atoms with E-state index in [0.717, 1.165) is 7.25 Å². The summed E-state index contributed by atoms with van der Waals surface area (Å²) in [5.41, 5.74) is 0. The van der Waals surface area contributed by atoms with Crippen LogP contribution in [0.3, 0.4) is 0 Å². The van der Waals surface area contributed by atoms with Crippen molar-refractivity contribution in [3.8, 4) is 0 Å². The maximum absolute atomic E-state index is 2.34. The molecular weight excluding hydrogens is 211 g/mol. The second-order valence-electron chi connectivity index (χ2n) is 2.76. The third-order valence-corrected chi connectivity index (χ3v) is 5.67. The van der Waals surface area contributed by atoms with Gasteiger partial charge in [-0.2, -0.15) is 0 Å². The first kappa shape index (κ1) is 7.49. The quantitative estimate of drug-likeness (QED) is 0.672. The Morgan fingerprint density at radius 3 is 1.36 bits per heavy atom. The Morgan fingerprint density at radius 2 is 1.00 bits per heavy atom. The zero-order chi connectivity index (χ0) is 7.52. The van der Waals surface area contributed by atoms with E-state index in [-0.39, 0.29) is 23.2 Å². The van der Waals surface area contributed by atoms with E-state index in [1.54, 1.807) is 0 Å². The molecule has 0 fully saturated rings. The molecule has 0 atom stereocenters. The molecule has 0 aromatic heterocycles. The summed E-state index contributed by atoms with van der Waals surface area (Å²) in [4.78, 5) is 0. The Hall–Kier alpha value is -0.157. The van der Waals surface area contributed by atoms with Gasteiger partial charge in [-0.1, -0.05) is 0 Å². The fourth-order valence-corrected chi connectivity index (χ4v) is 4.59. The molecule has 11 heavy (non-hydrogen) atoms. The average Bonchev–Trinajstić information content (AvgIpc) is 2.60. The zero-order valence-corrected chi connectivity index (χ0v) is 8.73. The Labute approximate surface area is 78.9 Å². The number of hydrogen-bond acceptors (Lipinski definition) is 0. The molecule has 0 spiro atoms. The van der Waals surface area contributed by atoms with Crippen molar-refractivity contribution in [2.24, 2.45) is 0 Å². The van der Waals surface area contributed by atoms with Crippen molar-refractivity contribution in [1.29, 1.82) is 0 Å². The van der Waals surface area contributed by atoms with Crippen molar-refractivity contribution in [1.82, 2.24) is 0 Å². The van der Waals surface area contributed by atoms with Gasteiger partial charge in [-0.25, -0.2) is 0 Å². The molecule has 0 saturated carbocycles. The molecule has 0 N–H and O–H groups in total. The van der Waals surface area contributed by atoms with Crippen LogP contribution >= 0.6 is 0 Å². The molecule has 0 unspecified atom stereocenters. The van der Waals surface area contributed by atoms with Crippen LogP contribution in [-0.2, 0) is 23.2 Å². The van der Waals surface area contributed by atoms with Crippen LogP contribution in [-0.4, -0.2) is 0 Å². The van der Waals surface area contributed by atoms with Gasteiger partial charge in [-0.05, 0) is 0 Å². The van der Waals surface area contributed by atoms with Gasteiger partial charge in [0.15, 0.2) is 0 Å². The van der Waals surface area contributed by atoms with Crippen molar-refractivity contribution in [3.63, 3.8) is 0 Å². The summed E-state index contributed by atoms with van der Waals surface area (Å²) in [6.07, 6.45) is 18.1. The Bertz CT molecular complexity index is 196. The van der Waals surface area contributed by atoms with Crippen molar-refractivity contribution >= 4 is 0 Å². The minimum absolute atomic E-state index is 0.256. The molecule has 2 aliphatic carbocycles. The third-order valence-electron chi connectivity index (χ3n) is 1.88. The fourth-order valence-electron chi connectivity index (χ4n) is 1.31. The maximum atomic E-state index is 2.34. The second-order valence-corrected chi connectivity index (χ2v) is 6.85. The molecule has 0 nitrogen and oxygen atoms in total. The molecule has 0 aliphatic heterocycles. The van der Waals surface area contributed by atoms with E-state index in [0.29, 0.717) is 0 Å². The molecule has 0 aromatic carbocycles. The van der Waals surface area contributed by atoms with Crippen LogP contribution in [0.2, 0.25) is 7.25 Å². The van der Waals surface area contributed by atoms with Gasteiger partial charge in [0.2, 0.25) is 0 Å². The Morgan fingerprint density at radius 1 is 0.636 bits per heavy atom. The predicted octanol–water partition coefficient (Wildman–Crippen LogP) is 2.90. The summed E-state index contributed by atoms with van der Waals surface area (Å²) in [7, 11) is 0. The van der Waals surface area contributed by atoms with E-state index < -0.39 is 0 Å². The predicted molar refractivity (Wildman–Crippen MR) is 44.1 cm³/mol. The van der Waals surface area contributed by atoms with Gasteiger partial charge in [-0.15, -0.1) is 0 Å². The Balaban J connectivity index is 1.90. The minimum atomic E-state index is -0.256. The van der Waals surface area contributed by atoms with E-state index in [2.05, 4.69) is 48.6 Å². The van der Waals surface area contributed by atoms with Crippen molar-refractivity contribution in [2.45, 2.75) is 7.25 Å². The number of hydrogen-bond donors (Lipinski definition) is 0. The summed E-state index contributed by atoms with van der Waals surface area (Å²) in [5.74, 6) is 0. The van der Waals surface area contributed by atoms with Crippen LogP contribution in [0.5, 0.6) is 0 Å². The van der Waals surface area contributed by atoms with Crippen LogP contribution in [0.25, 0.3) is 0 Å². The average molecular weight is 221 g/mol. The van der Waals surface area contributed by atoms with E-state index in [9.17, 15) is 0 Å². The van der Waals surface area contributed by atoms with Gasteiger partial charge in [-0.3, -0.25) is 0 Å². The molecule has 2 aliphatic rings. The molecule has 2 rings (SSSR count). The molecular formula is C10H10Zr+2. The molecule has 0 aromatic rings. The van der Waals surface area contributed by atoms with Gasteiger partial charge in [0.05, 0.1) is 0 Å². The summed E-state index contributed by atoms with van der Waals surface area (Å²) in [6, 6.07) is 0. The summed E-state index contributed by atoms with van der Waals surface area (Å²) in [6.45, 7) is 0. The van der Waals surface area contributed by atoms with Gasteiger partial charge in [0, 0.05) is 0 Å². The third kappa shape index (κ3) is 1.90. The SMILES string of the molecule is C1=C[CH]([Zr+2][CH]2C=CC=C2)C=C1. The first-order valence-electron chi connectivity index (χ1n) is 3.91. The fraction of sp³-hybridized carbons (Fsp3) is 0.200. The normalized spacial score (nSPS) is 21.8. The van der Waals surface area contributed by atoms with E-state index in [1.807, 2.05) is 0 Å². The molecule has 52 valence electrons. The topological polar surface area (TPSA) is 0 Å². The number of rotatable bonds is 2. The van der Waals surface area contributed by atoms with Gasteiger partial charge in [0.1, 0.15) is 0 Å². The van der Waals surface area contributed by atoms with E-state index in [4.69, 9.17) is 0 Å². The Kier molecular flexibility index (Phi) is 2.38. The first-order valence-corrected chi connectivity index (χ1v) is 6.75. The van der Waals surface area contributed by atoms with Crippen molar-refractivity contribution < 1.29 is 23.2 Å². The molecule has 0 bridgehead atoms. The van der Waals surface area contributed by atoms with E-state index in [1.165, 1.54) is 0 Å². The van der Waals surface area contributed by atoms with Crippen LogP contribution in [0.15, 0.2) is 48.6 Å². The second kappa shape index (κ2) is 3.49. The molecule has 0 heterocycles. The number of allylic oxidation sites excluding steroid dienone is 8. The summed E-state index contributed by atoms with van der Waals surface area (Å²) < 4.78 is 1.69. The monoisotopic (exact) mass is 220 g/mol. The van der Waals surface area contributed by atoms with E-state index >= 15 is 0 Å². The van der Waals surface area contributed by atoms with Gasteiger partial charge in [0.25, 0.3) is 0 Å². The van der Waals surface area contributed by atoms with Crippen molar-refractivity contribution in [2.75, 3.05) is 0 Å². The van der Waals surface area contributed by atoms with Gasteiger partial charge < -0.3 is 0 Å². The van der Waals surface area contributed by atoms with Gasteiger partial charge >= 0.3 is 79.1 Å². The molecule has 0 amide bonds. The summed E-state index contributed by atoms with van der Waals surface area (Å²) in [5, 5.41) is 0. The molecule has 1 heteroatoms. The first-order chi connectivity index (χ1) is 5.45. The summed E-state index contributed by atoms with van der Waals surface area (Å²) >= 11 is -0.256. The van der Waals surface area contributed by atoms with Crippen molar-refractivity contribution in [3.05, 3.63) is 48.6 Å². The van der Waals surface area contributed by atoms with Crippen LogP contribution in [0.4, 0.5) is 0 Å². The molecule has 0 radical (unpaired) electrons. The van der Waals surface area contributed by atoms with Crippen LogP contribution < -0.4 is 0 Å². The van der Waals surface area contributed by atoms with Crippen LogP contribution in [0, 0.1) is 0 Å². The standard InChI is InChI=1S/2C5H5.Zr/c2*1-2-4-5-3-1;/h2*1-5H;/q;;+2.